The van der Waals surface area contributed by atoms with E-state index in [1.165, 1.54) is 5.56 Å². The van der Waals surface area contributed by atoms with E-state index in [1.807, 2.05) is 12.1 Å². The maximum Gasteiger partial charge on any atom is 0.154 e. The summed E-state index contributed by atoms with van der Waals surface area (Å²) in [6.07, 6.45) is 0. The third-order valence-electron chi connectivity index (χ3n) is 2.99. The summed E-state index contributed by atoms with van der Waals surface area (Å²) < 4.78 is 23.3. The average molecular weight is 269 g/mol. The normalized spacial score (nSPS) is 12.1. The van der Waals surface area contributed by atoms with Crippen LogP contribution in [-0.2, 0) is 9.84 Å². The van der Waals surface area contributed by atoms with Crippen LogP contribution in [0.1, 0.15) is 39.2 Å². The molecule has 0 spiro atoms. The summed E-state index contributed by atoms with van der Waals surface area (Å²) in [6.45, 7) is 8.18. The van der Waals surface area contributed by atoms with Gasteiger partial charge in [-0.2, -0.15) is 0 Å². The molecule has 0 saturated heterocycles. The first-order chi connectivity index (χ1) is 8.33. The molecule has 18 heavy (non-hydrogen) atoms. The standard InChI is InChI=1S/C14H23NO2S/c1-11(2)13-6-5-7-14(10-13)15-8-9-18(16,17)12(3)4/h5-7,10-12,15H,8-9H2,1-4H3. The third kappa shape index (κ3) is 4.33. The Hall–Kier alpha value is -1.03. The van der Waals surface area contributed by atoms with E-state index in [9.17, 15) is 8.42 Å². The van der Waals surface area contributed by atoms with Crippen molar-refractivity contribution in [2.24, 2.45) is 0 Å². The van der Waals surface area contributed by atoms with Gasteiger partial charge in [-0.25, -0.2) is 8.42 Å². The van der Waals surface area contributed by atoms with Gasteiger partial charge >= 0.3 is 0 Å². The molecule has 0 bridgehead atoms. The predicted molar refractivity (Wildman–Crippen MR) is 77.9 cm³/mol. The second-order valence-corrected chi connectivity index (χ2v) is 7.80. The molecule has 0 aliphatic heterocycles. The van der Waals surface area contributed by atoms with Gasteiger partial charge in [-0.15, -0.1) is 0 Å². The van der Waals surface area contributed by atoms with Gasteiger partial charge in [-0.1, -0.05) is 26.0 Å². The van der Waals surface area contributed by atoms with Crippen LogP contribution >= 0.6 is 0 Å². The number of rotatable bonds is 6. The van der Waals surface area contributed by atoms with Gasteiger partial charge in [-0.05, 0) is 37.5 Å². The molecule has 0 saturated carbocycles. The lowest BCUT2D eigenvalue weighted by Gasteiger charge is -2.11. The van der Waals surface area contributed by atoms with Crippen molar-refractivity contribution in [3.8, 4) is 0 Å². The van der Waals surface area contributed by atoms with E-state index in [1.54, 1.807) is 13.8 Å². The number of sulfone groups is 1. The Morgan fingerprint density at radius 3 is 2.39 bits per heavy atom. The van der Waals surface area contributed by atoms with E-state index in [2.05, 4.69) is 31.3 Å². The molecule has 0 heterocycles. The fraction of sp³-hybridized carbons (Fsp3) is 0.571. The number of hydrogen-bond acceptors (Lipinski definition) is 3. The molecule has 0 radical (unpaired) electrons. The van der Waals surface area contributed by atoms with E-state index in [-0.39, 0.29) is 11.0 Å². The highest BCUT2D eigenvalue weighted by Crippen LogP contribution is 2.18. The van der Waals surface area contributed by atoms with Crippen molar-refractivity contribution in [3.05, 3.63) is 29.8 Å². The summed E-state index contributed by atoms with van der Waals surface area (Å²) in [4.78, 5) is 0. The van der Waals surface area contributed by atoms with Gasteiger partial charge in [0, 0.05) is 12.2 Å². The third-order valence-corrected chi connectivity index (χ3v) is 5.20. The molecule has 0 aliphatic carbocycles. The van der Waals surface area contributed by atoms with Gasteiger partial charge in [0.1, 0.15) is 0 Å². The maximum absolute atomic E-state index is 11.7. The molecular formula is C14H23NO2S. The summed E-state index contributed by atoms with van der Waals surface area (Å²) in [5.74, 6) is 0.655. The van der Waals surface area contributed by atoms with Crippen molar-refractivity contribution in [2.45, 2.75) is 38.9 Å². The lowest BCUT2D eigenvalue weighted by Crippen LogP contribution is -2.22. The van der Waals surface area contributed by atoms with Gasteiger partial charge in [-0.3, -0.25) is 0 Å². The molecule has 0 fully saturated rings. The van der Waals surface area contributed by atoms with Crippen molar-refractivity contribution in [2.75, 3.05) is 17.6 Å². The summed E-state index contributed by atoms with van der Waals surface area (Å²) in [5.41, 5.74) is 2.24. The van der Waals surface area contributed by atoms with Crippen LogP contribution in [0.15, 0.2) is 24.3 Å². The van der Waals surface area contributed by atoms with Gasteiger partial charge in [0.15, 0.2) is 9.84 Å². The largest absolute Gasteiger partial charge is 0.384 e. The van der Waals surface area contributed by atoms with Crippen LogP contribution in [0.5, 0.6) is 0 Å². The summed E-state index contributed by atoms with van der Waals surface area (Å²) in [5, 5.41) is 2.87. The van der Waals surface area contributed by atoms with E-state index in [4.69, 9.17) is 0 Å². The van der Waals surface area contributed by atoms with Gasteiger partial charge in [0.05, 0.1) is 11.0 Å². The van der Waals surface area contributed by atoms with Crippen LogP contribution in [0.4, 0.5) is 5.69 Å². The lowest BCUT2D eigenvalue weighted by atomic mass is 10.0. The Morgan fingerprint density at radius 1 is 1.17 bits per heavy atom. The lowest BCUT2D eigenvalue weighted by molar-refractivity contribution is 0.588. The fourth-order valence-corrected chi connectivity index (χ4v) is 2.44. The van der Waals surface area contributed by atoms with Gasteiger partial charge < -0.3 is 5.32 Å². The van der Waals surface area contributed by atoms with Gasteiger partial charge in [0.2, 0.25) is 0 Å². The van der Waals surface area contributed by atoms with Crippen LogP contribution in [-0.4, -0.2) is 26.0 Å². The minimum atomic E-state index is -2.96. The second kappa shape index (κ2) is 6.23. The summed E-state index contributed by atoms with van der Waals surface area (Å²) in [7, 11) is -2.96. The first kappa shape index (κ1) is 15.0. The number of anilines is 1. The van der Waals surface area contributed by atoms with Crippen molar-refractivity contribution in [1.82, 2.24) is 0 Å². The van der Waals surface area contributed by atoms with Crippen LogP contribution in [0.2, 0.25) is 0 Å². The molecule has 0 unspecified atom stereocenters. The van der Waals surface area contributed by atoms with Crippen LogP contribution in [0, 0.1) is 0 Å². The fourth-order valence-electron chi connectivity index (χ4n) is 1.58. The first-order valence-electron chi connectivity index (χ1n) is 6.38. The second-order valence-electron chi connectivity index (χ2n) is 5.12. The smallest absolute Gasteiger partial charge is 0.154 e. The van der Waals surface area contributed by atoms with Crippen molar-refractivity contribution < 1.29 is 8.42 Å². The van der Waals surface area contributed by atoms with E-state index >= 15 is 0 Å². The molecule has 0 aromatic heterocycles. The molecule has 0 amide bonds. The molecule has 0 aliphatic rings. The zero-order valence-electron chi connectivity index (χ0n) is 11.6. The molecule has 1 rings (SSSR count). The van der Waals surface area contributed by atoms with Gasteiger partial charge in [0.25, 0.3) is 0 Å². The quantitative estimate of drug-likeness (QED) is 0.863. The molecular weight excluding hydrogens is 246 g/mol. The molecule has 102 valence electrons. The monoisotopic (exact) mass is 269 g/mol. The molecule has 3 nitrogen and oxygen atoms in total. The maximum atomic E-state index is 11.7. The summed E-state index contributed by atoms with van der Waals surface area (Å²) >= 11 is 0. The van der Waals surface area contributed by atoms with Crippen LogP contribution in [0.25, 0.3) is 0 Å². The Balaban J connectivity index is 2.57. The van der Waals surface area contributed by atoms with E-state index in [0.29, 0.717) is 12.5 Å². The topological polar surface area (TPSA) is 46.2 Å². The minimum absolute atomic E-state index is 0.177. The molecule has 1 aromatic carbocycles. The van der Waals surface area contributed by atoms with E-state index < -0.39 is 9.84 Å². The average Bonchev–Trinajstić information content (AvgIpc) is 2.29. The number of benzene rings is 1. The summed E-state index contributed by atoms with van der Waals surface area (Å²) in [6, 6.07) is 8.12. The molecule has 0 atom stereocenters. The minimum Gasteiger partial charge on any atom is -0.384 e. The van der Waals surface area contributed by atoms with Crippen molar-refractivity contribution in [3.63, 3.8) is 0 Å². The highest BCUT2D eigenvalue weighted by molar-refractivity contribution is 7.92. The Kier molecular flexibility index (Phi) is 5.20. The molecule has 4 heteroatoms. The highest BCUT2D eigenvalue weighted by atomic mass is 32.2. The zero-order chi connectivity index (χ0) is 13.8. The van der Waals surface area contributed by atoms with Crippen molar-refractivity contribution in [1.29, 1.82) is 0 Å². The Morgan fingerprint density at radius 2 is 1.83 bits per heavy atom. The molecule has 1 aromatic rings. The Labute approximate surface area is 111 Å². The molecule has 1 N–H and O–H groups in total. The first-order valence-corrected chi connectivity index (χ1v) is 8.10. The van der Waals surface area contributed by atoms with Crippen LogP contribution < -0.4 is 5.32 Å². The van der Waals surface area contributed by atoms with Crippen LogP contribution in [0.3, 0.4) is 0 Å². The zero-order valence-corrected chi connectivity index (χ0v) is 12.4. The van der Waals surface area contributed by atoms with E-state index in [0.717, 1.165) is 5.69 Å². The SMILES string of the molecule is CC(C)c1cccc(NCCS(=O)(=O)C(C)C)c1. The highest BCUT2D eigenvalue weighted by Gasteiger charge is 2.15. The number of hydrogen-bond donors (Lipinski definition) is 1. The predicted octanol–water partition coefficient (Wildman–Crippen LogP) is 3.05. The van der Waals surface area contributed by atoms with Crippen molar-refractivity contribution >= 4 is 15.5 Å². The number of nitrogens with one attached hydrogen (secondary N) is 1. The Bertz CT molecular complexity index is 478.